The number of rotatable bonds is 5. The number of sulfonamides is 1. The molecule has 2 heterocycles. The first kappa shape index (κ1) is 23.5. The van der Waals surface area contributed by atoms with E-state index in [0.717, 1.165) is 27.8 Å². The van der Waals surface area contributed by atoms with Crippen LogP contribution < -0.4 is 15.8 Å². The summed E-state index contributed by atoms with van der Waals surface area (Å²) in [7, 11) is -0.115. The van der Waals surface area contributed by atoms with Crippen molar-refractivity contribution >= 4 is 50.7 Å². The van der Waals surface area contributed by atoms with E-state index in [-0.39, 0.29) is 17.3 Å². The second-order valence-corrected chi connectivity index (χ2v) is 8.83. The summed E-state index contributed by atoms with van der Waals surface area (Å²) in [6.07, 6.45) is 1.67. The minimum absolute atomic E-state index is 0. The van der Waals surface area contributed by atoms with Gasteiger partial charge in [-0.15, -0.1) is 12.4 Å². The first-order valence-corrected chi connectivity index (χ1v) is 11.1. The fourth-order valence-electron chi connectivity index (χ4n) is 3.44. The van der Waals surface area contributed by atoms with Crippen LogP contribution >= 0.6 is 12.4 Å². The number of aryl methyl sites for hydroxylation is 3. The summed E-state index contributed by atoms with van der Waals surface area (Å²) >= 11 is 0. The van der Waals surface area contributed by atoms with E-state index in [9.17, 15) is 8.42 Å². The number of nitrogens with zero attached hydrogens (tertiary/aromatic N) is 4. The molecule has 11 heteroatoms. The first-order chi connectivity index (χ1) is 14.7. The Bertz CT molecular complexity index is 1420. The molecular formula is C21H24ClN7O2S. The Balaban J connectivity index is 0.00000289. The van der Waals surface area contributed by atoms with E-state index in [1.54, 1.807) is 32.3 Å². The molecule has 0 bridgehead atoms. The molecule has 32 heavy (non-hydrogen) atoms. The van der Waals surface area contributed by atoms with E-state index in [2.05, 4.69) is 25.7 Å². The molecule has 0 saturated carbocycles. The Hall–Kier alpha value is -3.21. The molecular weight excluding hydrogens is 450 g/mol. The van der Waals surface area contributed by atoms with Gasteiger partial charge in [-0.2, -0.15) is 5.10 Å². The van der Waals surface area contributed by atoms with E-state index in [0.29, 0.717) is 22.9 Å². The van der Waals surface area contributed by atoms with Gasteiger partial charge in [0, 0.05) is 36.4 Å². The molecule has 4 N–H and O–H groups in total. The number of hydrogen-bond acceptors (Lipinski definition) is 7. The predicted molar refractivity (Wildman–Crippen MR) is 129 cm³/mol. The molecule has 2 aromatic heterocycles. The molecule has 0 fully saturated rings. The molecule has 0 radical (unpaired) electrons. The number of anilines is 3. The zero-order valence-electron chi connectivity index (χ0n) is 18.0. The van der Waals surface area contributed by atoms with Crippen molar-refractivity contribution in [2.24, 2.45) is 12.2 Å². The largest absolute Gasteiger partial charge is 0.385 e. The van der Waals surface area contributed by atoms with E-state index in [1.807, 2.05) is 36.9 Å². The summed E-state index contributed by atoms with van der Waals surface area (Å²) in [5.41, 5.74) is 5.40. The van der Waals surface area contributed by atoms with Crippen LogP contribution in [0, 0.1) is 13.8 Å². The smallest absolute Gasteiger partial charge is 0.238 e. The van der Waals surface area contributed by atoms with Crippen LogP contribution in [-0.2, 0) is 17.1 Å². The van der Waals surface area contributed by atoms with Crippen LogP contribution in [0.1, 0.15) is 11.3 Å². The number of benzene rings is 2. The molecule has 2 aromatic carbocycles. The van der Waals surface area contributed by atoms with Gasteiger partial charge in [-0.05, 0) is 37.6 Å². The maximum Gasteiger partial charge on any atom is 0.238 e. The third kappa shape index (κ3) is 4.38. The van der Waals surface area contributed by atoms with E-state index < -0.39 is 10.0 Å². The average Bonchev–Trinajstić information content (AvgIpc) is 3.01. The molecule has 0 spiro atoms. The normalized spacial score (nSPS) is 11.3. The second kappa shape index (κ2) is 8.73. The minimum atomic E-state index is -3.83. The third-order valence-corrected chi connectivity index (χ3v) is 6.27. The number of halogens is 1. The highest BCUT2D eigenvalue weighted by molar-refractivity contribution is 7.89. The van der Waals surface area contributed by atoms with Crippen molar-refractivity contribution in [2.45, 2.75) is 18.7 Å². The van der Waals surface area contributed by atoms with Crippen molar-refractivity contribution in [1.82, 2.24) is 19.7 Å². The third-order valence-electron chi connectivity index (χ3n) is 5.21. The zero-order chi connectivity index (χ0) is 22.3. The summed E-state index contributed by atoms with van der Waals surface area (Å²) in [5.74, 6) is 0.329. The number of aromatic nitrogens is 4. The highest BCUT2D eigenvalue weighted by Gasteiger charge is 2.15. The van der Waals surface area contributed by atoms with Gasteiger partial charge in [0.1, 0.15) is 0 Å². The Labute approximate surface area is 192 Å². The summed E-state index contributed by atoms with van der Waals surface area (Å²) in [6.45, 7) is 3.72. The van der Waals surface area contributed by atoms with Gasteiger partial charge in [0.15, 0.2) is 0 Å². The van der Waals surface area contributed by atoms with Crippen LogP contribution in [-0.4, -0.2) is 35.2 Å². The standard InChI is InChI=1S/C21H23N7O2S.ClH/c1-12-5-7-15(10-19(12)31(22,29)30)25-21-24-11-18(23-3)20(26-21)14-6-8-16-13(2)28(4)27-17(16)9-14;/h5-11,23H,1-4H3,(H2,22,29,30)(H,24,25,26);1H. The van der Waals surface area contributed by atoms with Gasteiger partial charge in [0.05, 0.1) is 28.0 Å². The molecule has 4 rings (SSSR count). The molecule has 0 amide bonds. The minimum Gasteiger partial charge on any atom is -0.385 e. The fraction of sp³-hybridized carbons (Fsp3) is 0.190. The number of primary sulfonamides is 1. The number of nitrogens with two attached hydrogens (primary N) is 1. The Morgan fingerprint density at radius 2 is 1.84 bits per heavy atom. The summed E-state index contributed by atoms with van der Waals surface area (Å²) in [4.78, 5) is 9.06. The Morgan fingerprint density at radius 3 is 2.53 bits per heavy atom. The lowest BCUT2D eigenvalue weighted by atomic mass is 10.1. The van der Waals surface area contributed by atoms with Gasteiger partial charge >= 0.3 is 0 Å². The topological polar surface area (TPSA) is 128 Å². The van der Waals surface area contributed by atoms with Crippen LogP contribution in [0.2, 0.25) is 0 Å². The van der Waals surface area contributed by atoms with Crippen LogP contribution in [0.5, 0.6) is 0 Å². The number of hydrogen-bond donors (Lipinski definition) is 3. The highest BCUT2D eigenvalue weighted by Crippen LogP contribution is 2.30. The van der Waals surface area contributed by atoms with E-state index in [4.69, 9.17) is 5.14 Å². The maximum absolute atomic E-state index is 11.8. The van der Waals surface area contributed by atoms with Crippen molar-refractivity contribution in [3.05, 3.63) is 53.9 Å². The molecule has 168 valence electrons. The molecule has 0 aliphatic heterocycles. The van der Waals surface area contributed by atoms with Crippen LogP contribution in [0.15, 0.2) is 47.5 Å². The van der Waals surface area contributed by atoms with Crippen LogP contribution in [0.25, 0.3) is 22.2 Å². The predicted octanol–water partition coefficient (Wildman–Crippen LogP) is 3.50. The lowest BCUT2D eigenvalue weighted by molar-refractivity contribution is 0.597. The molecule has 4 aromatic rings. The highest BCUT2D eigenvalue weighted by atomic mass is 35.5. The molecule has 9 nitrogen and oxygen atoms in total. The Kier molecular flexibility index (Phi) is 6.40. The maximum atomic E-state index is 11.8. The van der Waals surface area contributed by atoms with Gasteiger partial charge in [-0.25, -0.2) is 23.5 Å². The van der Waals surface area contributed by atoms with Crippen LogP contribution in [0.4, 0.5) is 17.3 Å². The zero-order valence-corrected chi connectivity index (χ0v) is 19.7. The SMILES string of the molecule is CNc1cnc(Nc2ccc(C)c(S(N)(=O)=O)c2)nc1-c1ccc2c(C)n(C)nc2c1.Cl. The molecule has 0 aliphatic rings. The van der Waals surface area contributed by atoms with E-state index in [1.165, 1.54) is 6.07 Å². The first-order valence-electron chi connectivity index (χ1n) is 9.56. The van der Waals surface area contributed by atoms with Gasteiger partial charge in [-0.1, -0.05) is 18.2 Å². The molecule has 0 saturated heterocycles. The number of nitrogens with one attached hydrogen (secondary N) is 2. The van der Waals surface area contributed by atoms with E-state index >= 15 is 0 Å². The molecule has 0 unspecified atom stereocenters. The van der Waals surface area contributed by atoms with Crippen molar-refractivity contribution in [2.75, 3.05) is 17.7 Å². The summed E-state index contributed by atoms with van der Waals surface area (Å²) in [6, 6.07) is 10.9. The summed E-state index contributed by atoms with van der Waals surface area (Å²) in [5, 5.41) is 17.1. The monoisotopic (exact) mass is 473 g/mol. The van der Waals surface area contributed by atoms with Crippen molar-refractivity contribution in [3.8, 4) is 11.3 Å². The number of fused-ring (bicyclic) bond motifs is 1. The lowest BCUT2D eigenvalue weighted by Gasteiger charge is -2.12. The van der Waals surface area contributed by atoms with Crippen molar-refractivity contribution in [3.63, 3.8) is 0 Å². The van der Waals surface area contributed by atoms with Gasteiger partial charge in [-0.3, -0.25) is 4.68 Å². The lowest BCUT2D eigenvalue weighted by Crippen LogP contribution is -2.14. The van der Waals surface area contributed by atoms with Gasteiger partial charge in [0.25, 0.3) is 0 Å². The second-order valence-electron chi connectivity index (χ2n) is 7.30. The quantitative estimate of drug-likeness (QED) is 0.404. The van der Waals surface area contributed by atoms with Crippen molar-refractivity contribution in [1.29, 1.82) is 0 Å². The fourth-order valence-corrected chi connectivity index (χ4v) is 4.25. The van der Waals surface area contributed by atoms with Crippen LogP contribution in [0.3, 0.4) is 0 Å². The average molecular weight is 474 g/mol. The summed E-state index contributed by atoms with van der Waals surface area (Å²) < 4.78 is 25.5. The van der Waals surface area contributed by atoms with Gasteiger partial charge in [0.2, 0.25) is 16.0 Å². The Morgan fingerprint density at radius 1 is 1.09 bits per heavy atom. The molecule has 0 aliphatic carbocycles. The molecule has 0 atom stereocenters. The van der Waals surface area contributed by atoms with Gasteiger partial charge < -0.3 is 10.6 Å². The van der Waals surface area contributed by atoms with Crippen molar-refractivity contribution < 1.29 is 8.42 Å².